The minimum atomic E-state index is -3.73. The summed E-state index contributed by atoms with van der Waals surface area (Å²) in [6.07, 6.45) is 0. The predicted molar refractivity (Wildman–Crippen MR) is 99.8 cm³/mol. The van der Waals surface area contributed by atoms with Crippen LogP contribution in [0.25, 0.3) is 21.8 Å². The van der Waals surface area contributed by atoms with E-state index in [-0.39, 0.29) is 4.90 Å². The van der Waals surface area contributed by atoms with Gasteiger partial charge in [-0.3, -0.25) is 0 Å². The van der Waals surface area contributed by atoms with Crippen molar-refractivity contribution >= 4 is 31.8 Å². The minimum absolute atomic E-state index is 0.261. The normalized spacial score (nSPS) is 11.9. The van der Waals surface area contributed by atoms with E-state index >= 15 is 0 Å². The van der Waals surface area contributed by atoms with Crippen molar-refractivity contribution in [1.82, 2.24) is 3.97 Å². The van der Waals surface area contributed by atoms with Gasteiger partial charge in [0.2, 0.25) is 0 Å². The molecule has 1 aromatic heterocycles. The summed E-state index contributed by atoms with van der Waals surface area (Å²) in [4.78, 5) is 0.261. The summed E-state index contributed by atoms with van der Waals surface area (Å²) in [5.41, 5.74) is 2.36. The maximum absolute atomic E-state index is 13.3. The number of aromatic nitrogens is 1. The highest BCUT2D eigenvalue weighted by Crippen LogP contribution is 2.34. The Kier molecular flexibility index (Phi) is 3.54. The molecule has 0 radical (unpaired) electrons. The van der Waals surface area contributed by atoms with Gasteiger partial charge in [0.05, 0.1) is 23.0 Å². The molecule has 4 nitrogen and oxygen atoms in total. The number of hydrogen-bond acceptors (Lipinski definition) is 3. The van der Waals surface area contributed by atoms with Crippen LogP contribution in [-0.4, -0.2) is 19.5 Å². The Morgan fingerprint density at radius 3 is 2.32 bits per heavy atom. The molecule has 25 heavy (non-hydrogen) atoms. The molecule has 0 aliphatic carbocycles. The summed E-state index contributed by atoms with van der Waals surface area (Å²) in [6, 6.07) is 19.8. The van der Waals surface area contributed by atoms with Crippen LogP contribution in [0.15, 0.2) is 71.6 Å². The second-order valence-corrected chi connectivity index (χ2v) is 7.77. The first kappa shape index (κ1) is 15.7. The second-order valence-electron chi connectivity index (χ2n) is 5.99. The van der Waals surface area contributed by atoms with E-state index in [0.717, 1.165) is 16.3 Å². The van der Waals surface area contributed by atoms with Crippen molar-refractivity contribution in [3.63, 3.8) is 0 Å². The van der Waals surface area contributed by atoms with Gasteiger partial charge in [0.15, 0.2) is 0 Å². The molecule has 0 amide bonds. The average molecular weight is 351 g/mol. The zero-order chi connectivity index (χ0) is 17.6. The number of aryl methyl sites for hydroxylation is 1. The molecule has 126 valence electrons. The van der Waals surface area contributed by atoms with Crippen molar-refractivity contribution in [2.45, 2.75) is 11.8 Å². The Labute approximate surface area is 146 Å². The number of methoxy groups -OCH3 is 1. The Bertz CT molecular complexity index is 1190. The summed E-state index contributed by atoms with van der Waals surface area (Å²) in [7, 11) is -2.15. The third kappa shape index (κ3) is 2.39. The van der Waals surface area contributed by atoms with Gasteiger partial charge in [0.25, 0.3) is 10.0 Å². The lowest BCUT2D eigenvalue weighted by molar-refractivity contribution is 0.415. The number of benzene rings is 3. The molecule has 0 spiro atoms. The van der Waals surface area contributed by atoms with Gasteiger partial charge in [-0.1, -0.05) is 29.8 Å². The molecule has 0 atom stereocenters. The van der Waals surface area contributed by atoms with Crippen molar-refractivity contribution in [3.05, 3.63) is 72.3 Å². The van der Waals surface area contributed by atoms with Crippen LogP contribution in [0, 0.1) is 6.92 Å². The van der Waals surface area contributed by atoms with E-state index in [1.54, 1.807) is 43.5 Å². The highest BCUT2D eigenvalue weighted by Gasteiger charge is 2.23. The molecule has 0 bridgehead atoms. The van der Waals surface area contributed by atoms with Crippen LogP contribution in [0.5, 0.6) is 5.75 Å². The first-order valence-corrected chi connectivity index (χ1v) is 9.36. The predicted octanol–water partition coefficient (Wildman–Crippen LogP) is 4.35. The van der Waals surface area contributed by atoms with Crippen LogP contribution in [0.3, 0.4) is 0 Å². The fourth-order valence-electron chi connectivity index (χ4n) is 3.16. The smallest absolute Gasteiger partial charge is 0.268 e. The molecular formula is C20H17NO3S. The van der Waals surface area contributed by atoms with Crippen molar-refractivity contribution in [1.29, 1.82) is 0 Å². The summed E-state index contributed by atoms with van der Waals surface area (Å²) >= 11 is 0. The van der Waals surface area contributed by atoms with Gasteiger partial charge in [-0.15, -0.1) is 0 Å². The number of ether oxygens (including phenoxy) is 1. The van der Waals surface area contributed by atoms with Crippen LogP contribution in [0.2, 0.25) is 0 Å². The lowest BCUT2D eigenvalue weighted by Gasteiger charge is -2.10. The van der Waals surface area contributed by atoms with Crippen molar-refractivity contribution < 1.29 is 13.2 Å². The molecule has 0 aliphatic heterocycles. The maximum atomic E-state index is 13.3. The molecule has 0 unspecified atom stereocenters. The Morgan fingerprint density at radius 1 is 0.840 bits per heavy atom. The molecule has 0 fully saturated rings. The minimum Gasteiger partial charge on any atom is -0.497 e. The summed E-state index contributed by atoms with van der Waals surface area (Å²) in [5, 5.41) is 1.80. The molecule has 4 aromatic rings. The molecule has 0 N–H and O–H groups in total. The van der Waals surface area contributed by atoms with Gasteiger partial charge in [-0.2, -0.15) is 0 Å². The highest BCUT2D eigenvalue weighted by molar-refractivity contribution is 7.90. The van der Waals surface area contributed by atoms with Gasteiger partial charge in [-0.05, 0) is 43.3 Å². The largest absolute Gasteiger partial charge is 0.497 e. The van der Waals surface area contributed by atoms with E-state index in [1.165, 1.54) is 3.97 Å². The van der Waals surface area contributed by atoms with Gasteiger partial charge >= 0.3 is 0 Å². The van der Waals surface area contributed by atoms with E-state index in [1.807, 2.05) is 37.3 Å². The number of nitrogens with zero attached hydrogens (tertiary/aromatic N) is 1. The Hall–Kier alpha value is -2.79. The first-order valence-electron chi connectivity index (χ1n) is 7.92. The van der Waals surface area contributed by atoms with E-state index in [4.69, 9.17) is 4.74 Å². The molecule has 1 heterocycles. The van der Waals surface area contributed by atoms with Crippen molar-refractivity contribution in [2.75, 3.05) is 7.11 Å². The molecule has 0 aliphatic rings. The fraction of sp³-hybridized carbons (Fsp3) is 0.100. The monoisotopic (exact) mass is 351 g/mol. The number of rotatable bonds is 3. The van der Waals surface area contributed by atoms with Crippen LogP contribution in [-0.2, 0) is 10.0 Å². The van der Waals surface area contributed by atoms with Gasteiger partial charge in [-0.25, -0.2) is 12.4 Å². The summed E-state index contributed by atoms with van der Waals surface area (Å²) in [6.45, 7) is 2.00. The van der Waals surface area contributed by atoms with E-state index in [9.17, 15) is 8.42 Å². The molecule has 0 saturated heterocycles. The average Bonchev–Trinajstić information content (AvgIpc) is 2.95. The molecule has 5 heteroatoms. The van der Waals surface area contributed by atoms with Gasteiger partial charge in [0.1, 0.15) is 5.75 Å². The van der Waals surface area contributed by atoms with E-state index < -0.39 is 10.0 Å². The molecule has 3 aromatic carbocycles. The Morgan fingerprint density at radius 2 is 1.60 bits per heavy atom. The van der Waals surface area contributed by atoms with Crippen LogP contribution in [0.4, 0.5) is 0 Å². The van der Waals surface area contributed by atoms with E-state index in [0.29, 0.717) is 16.8 Å². The SMILES string of the molecule is COc1ccc2c3cc(C)ccc3n(S(=O)(=O)c3ccccc3)c2c1. The van der Waals surface area contributed by atoms with Crippen LogP contribution >= 0.6 is 0 Å². The third-order valence-electron chi connectivity index (χ3n) is 4.37. The lowest BCUT2D eigenvalue weighted by atomic mass is 10.1. The Balaban J connectivity index is 2.17. The van der Waals surface area contributed by atoms with Crippen molar-refractivity contribution in [3.8, 4) is 5.75 Å². The molecule has 0 saturated carbocycles. The van der Waals surface area contributed by atoms with Gasteiger partial charge in [0, 0.05) is 16.8 Å². The summed E-state index contributed by atoms with van der Waals surface area (Å²) in [5.74, 6) is 0.622. The topological polar surface area (TPSA) is 48.3 Å². The number of hydrogen-bond donors (Lipinski definition) is 0. The molecular weight excluding hydrogens is 334 g/mol. The lowest BCUT2D eigenvalue weighted by Crippen LogP contribution is -2.12. The van der Waals surface area contributed by atoms with Crippen LogP contribution < -0.4 is 4.74 Å². The fourth-order valence-corrected chi connectivity index (χ4v) is 4.70. The van der Waals surface area contributed by atoms with E-state index in [2.05, 4.69) is 0 Å². The number of fused-ring (bicyclic) bond motifs is 3. The zero-order valence-electron chi connectivity index (χ0n) is 13.9. The van der Waals surface area contributed by atoms with Crippen LogP contribution in [0.1, 0.15) is 5.56 Å². The first-order chi connectivity index (χ1) is 12.0. The maximum Gasteiger partial charge on any atom is 0.268 e. The summed E-state index contributed by atoms with van der Waals surface area (Å²) < 4.78 is 33.4. The third-order valence-corrected chi connectivity index (χ3v) is 6.11. The molecule has 4 rings (SSSR count). The quantitative estimate of drug-likeness (QED) is 0.551. The zero-order valence-corrected chi connectivity index (χ0v) is 14.7. The van der Waals surface area contributed by atoms with Crippen molar-refractivity contribution in [2.24, 2.45) is 0 Å². The standard InChI is InChI=1S/C20H17NO3S/c1-14-8-11-19-18(12-14)17-10-9-15(24-2)13-20(17)21(19)25(22,23)16-6-4-3-5-7-16/h3-13H,1-2H3. The van der Waals surface area contributed by atoms with Gasteiger partial charge < -0.3 is 4.74 Å². The second kappa shape index (κ2) is 5.63. The highest BCUT2D eigenvalue weighted by atomic mass is 32.2.